The van der Waals surface area contributed by atoms with Crippen molar-refractivity contribution in [2.75, 3.05) is 5.88 Å². The van der Waals surface area contributed by atoms with Crippen LogP contribution in [0.25, 0.3) is 11.1 Å². The fraction of sp³-hybridized carbons (Fsp3) is 0.200. The lowest BCUT2D eigenvalue weighted by atomic mass is 10.0. The molecule has 2 rings (SSSR count). The Balaban J connectivity index is 2.13. The van der Waals surface area contributed by atoms with Gasteiger partial charge in [-0.05, 0) is 23.1 Å². The lowest BCUT2D eigenvalue weighted by Gasteiger charge is -2.07. The van der Waals surface area contributed by atoms with Crippen molar-refractivity contribution in [1.82, 2.24) is 0 Å². The molecule has 2 aromatic carbocycles. The maximum atomic E-state index is 9.47. The Labute approximate surface area is 107 Å². The van der Waals surface area contributed by atoms with Gasteiger partial charge in [0.2, 0.25) is 0 Å². The number of benzene rings is 2. The zero-order valence-electron chi connectivity index (χ0n) is 9.51. The van der Waals surface area contributed by atoms with Gasteiger partial charge in [-0.1, -0.05) is 54.6 Å². The maximum Gasteiger partial charge on any atom is 0.0715 e. The first-order valence-electron chi connectivity index (χ1n) is 5.68. The van der Waals surface area contributed by atoms with E-state index in [2.05, 4.69) is 24.3 Å². The van der Waals surface area contributed by atoms with Gasteiger partial charge in [0, 0.05) is 5.88 Å². The lowest BCUT2D eigenvalue weighted by molar-refractivity contribution is 0.199. The Kier molecular flexibility index (Phi) is 4.18. The molecule has 17 heavy (non-hydrogen) atoms. The minimum Gasteiger partial charge on any atom is -0.392 e. The molecule has 0 aliphatic carbocycles. The third-order valence-corrected chi connectivity index (χ3v) is 3.07. The van der Waals surface area contributed by atoms with E-state index in [9.17, 15) is 5.11 Å². The zero-order chi connectivity index (χ0) is 12.1. The number of hydrogen-bond acceptors (Lipinski definition) is 1. The summed E-state index contributed by atoms with van der Waals surface area (Å²) in [5, 5.41) is 9.47. The standard InChI is InChI=1S/C15H15ClO/c16-11-15(17)10-12-6-8-14(9-7-12)13-4-2-1-3-5-13/h1-9,15,17H,10-11H2. The van der Waals surface area contributed by atoms with Crippen molar-refractivity contribution in [3.63, 3.8) is 0 Å². The molecule has 0 radical (unpaired) electrons. The van der Waals surface area contributed by atoms with Crippen molar-refractivity contribution in [1.29, 1.82) is 0 Å². The van der Waals surface area contributed by atoms with Gasteiger partial charge in [0.05, 0.1) is 6.10 Å². The molecule has 0 bridgehead atoms. The Morgan fingerprint density at radius 1 is 0.882 bits per heavy atom. The first-order chi connectivity index (χ1) is 8.29. The molecular formula is C15H15ClO. The highest BCUT2D eigenvalue weighted by Crippen LogP contribution is 2.19. The summed E-state index contributed by atoms with van der Waals surface area (Å²) in [6, 6.07) is 18.5. The molecule has 1 N–H and O–H groups in total. The summed E-state index contributed by atoms with van der Waals surface area (Å²) in [5.74, 6) is 0.278. The number of aliphatic hydroxyl groups is 1. The highest BCUT2D eigenvalue weighted by Gasteiger charge is 2.04. The summed E-state index contributed by atoms with van der Waals surface area (Å²) < 4.78 is 0. The quantitative estimate of drug-likeness (QED) is 0.819. The van der Waals surface area contributed by atoms with Crippen molar-refractivity contribution < 1.29 is 5.11 Å². The van der Waals surface area contributed by atoms with Gasteiger partial charge in [-0.25, -0.2) is 0 Å². The summed E-state index contributed by atoms with van der Waals surface area (Å²) >= 11 is 5.58. The molecule has 0 aliphatic heterocycles. The molecule has 1 nitrogen and oxygen atoms in total. The Hall–Kier alpha value is -1.31. The van der Waals surface area contributed by atoms with Crippen molar-refractivity contribution >= 4 is 11.6 Å². The fourth-order valence-electron chi connectivity index (χ4n) is 1.79. The van der Waals surface area contributed by atoms with E-state index in [0.717, 1.165) is 5.56 Å². The monoisotopic (exact) mass is 246 g/mol. The average molecular weight is 247 g/mol. The van der Waals surface area contributed by atoms with Crippen LogP contribution in [-0.2, 0) is 6.42 Å². The average Bonchev–Trinajstić information content (AvgIpc) is 2.40. The van der Waals surface area contributed by atoms with Crippen LogP contribution >= 0.6 is 11.6 Å². The summed E-state index contributed by atoms with van der Waals surface area (Å²) in [7, 11) is 0. The second-order valence-electron chi connectivity index (χ2n) is 4.08. The molecule has 2 heteroatoms. The van der Waals surface area contributed by atoms with E-state index in [1.165, 1.54) is 11.1 Å². The van der Waals surface area contributed by atoms with Crippen LogP contribution < -0.4 is 0 Å². The molecule has 0 saturated heterocycles. The first kappa shape index (κ1) is 12.2. The molecule has 0 saturated carbocycles. The third-order valence-electron chi connectivity index (χ3n) is 2.71. The van der Waals surface area contributed by atoms with Gasteiger partial charge in [0.15, 0.2) is 0 Å². The van der Waals surface area contributed by atoms with Crippen LogP contribution in [-0.4, -0.2) is 17.1 Å². The van der Waals surface area contributed by atoms with Gasteiger partial charge in [-0.2, -0.15) is 0 Å². The van der Waals surface area contributed by atoms with Crippen molar-refractivity contribution in [2.45, 2.75) is 12.5 Å². The van der Waals surface area contributed by atoms with Crippen LogP contribution in [0.5, 0.6) is 0 Å². The number of aliphatic hydroxyl groups excluding tert-OH is 1. The Morgan fingerprint density at radius 3 is 2.06 bits per heavy atom. The topological polar surface area (TPSA) is 20.2 Å². The van der Waals surface area contributed by atoms with E-state index in [1.54, 1.807) is 0 Å². The van der Waals surface area contributed by atoms with Gasteiger partial charge < -0.3 is 5.11 Å². The molecule has 88 valence electrons. The van der Waals surface area contributed by atoms with Gasteiger partial charge in [-0.3, -0.25) is 0 Å². The van der Waals surface area contributed by atoms with Crippen LogP contribution in [0.4, 0.5) is 0 Å². The van der Waals surface area contributed by atoms with Crippen LogP contribution in [0.1, 0.15) is 5.56 Å². The van der Waals surface area contributed by atoms with E-state index in [0.29, 0.717) is 6.42 Å². The minimum atomic E-state index is -0.459. The van der Waals surface area contributed by atoms with Crippen LogP contribution in [0.2, 0.25) is 0 Å². The Bertz CT molecular complexity index is 450. The molecule has 2 aromatic rings. The van der Waals surface area contributed by atoms with E-state index >= 15 is 0 Å². The molecule has 0 aliphatic rings. The first-order valence-corrected chi connectivity index (χ1v) is 6.21. The largest absolute Gasteiger partial charge is 0.392 e. The summed E-state index contributed by atoms with van der Waals surface area (Å²) in [6.07, 6.45) is 0.151. The second kappa shape index (κ2) is 5.85. The molecule has 1 unspecified atom stereocenters. The summed E-state index contributed by atoms with van der Waals surface area (Å²) in [4.78, 5) is 0. The van der Waals surface area contributed by atoms with Gasteiger partial charge in [0.25, 0.3) is 0 Å². The van der Waals surface area contributed by atoms with Crippen LogP contribution in [0, 0.1) is 0 Å². The molecule has 0 fully saturated rings. The smallest absolute Gasteiger partial charge is 0.0715 e. The number of halogens is 1. The lowest BCUT2D eigenvalue weighted by Crippen LogP contribution is -2.11. The molecule has 1 atom stereocenters. The minimum absolute atomic E-state index is 0.278. The zero-order valence-corrected chi connectivity index (χ0v) is 10.3. The van der Waals surface area contributed by atoms with Gasteiger partial charge in [0.1, 0.15) is 0 Å². The molecule has 0 spiro atoms. The van der Waals surface area contributed by atoms with Gasteiger partial charge in [-0.15, -0.1) is 11.6 Å². The van der Waals surface area contributed by atoms with E-state index in [4.69, 9.17) is 11.6 Å². The third kappa shape index (κ3) is 3.32. The second-order valence-corrected chi connectivity index (χ2v) is 4.38. The summed E-state index contributed by atoms with van der Waals surface area (Å²) in [6.45, 7) is 0. The van der Waals surface area contributed by atoms with Crippen LogP contribution in [0.15, 0.2) is 54.6 Å². The molecule has 0 amide bonds. The fourth-order valence-corrected chi connectivity index (χ4v) is 1.90. The number of rotatable bonds is 4. The highest BCUT2D eigenvalue weighted by atomic mass is 35.5. The Morgan fingerprint density at radius 2 is 1.47 bits per heavy atom. The number of hydrogen-bond donors (Lipinski definition) is 1. The van der Waals surface area contributed by atoms with Crippen LogP contribution in [0.3, 0.4) is 0 Å². The van der Waals surface area contributed by atoms with Crippen molar-refractivity contribution in [3.05, 3.63) is 60.2 Å². The van der Waals surface area contributed by atoms with E-state index in [-0.39, 0.29) is 5.88 Å². The molecule has 0 heterocycles. The van der Waals surface area contributed by atoms with Crippen molar-refractivity contribution in [2.24, 2.45) is 0 Å². The maximum absolute atomic E-state index is 9.47. The predicted octanol–water partition coefficient (Wildman–Crippen LogP) is 3.50. The van der Waals surface area contributed by atoms with Crippen molar-refractivity contribution in [3.8, 4) is 11.1 Å². The number of alkyl halides is 1. The van der Waals surface area contributed by atoms with Gasteiger partial charge >= 0.3 is 0 Å². The summed E-state index contributed by atoms with van der Waals surface area (Å²) in [5.41, 5.74) is 3.50. The predicted molar refractivity (Wildman–Crippen MR) is 72.3 cm³/mol. The highest BCUT2D eigenvalue weighted by molar-refractivity contribution is 6.18. The van der Waals surface area contributed by atoms with E-state index in [1.807, 2.05) is 30.3 Å². The SMILES string of the molecule is OC(CCl)Cc1ccc(-c2ccccc2)cc1. The van der Waals surface area contributed by atoms with E-state index < -0.39 is 6.10 Å². The normalized spacial score (nSPS) is 12.4. The molecular weight excluding hydrogens is 232 g/mol. The molecule has 0 aromatic heterocycles.